The molecule has 0 aromatic carbocycles. The minimum atomic E-state index is -3.72. The van der Waals surface area contributed by atoms with Gasteiger partial charge in [0.25, 0.3) is 10.0 Å². The third-order valence-electron chi connectivity index (χ3n) is 3.54. The monoisotopic (exact) mass is 285 g/mol. The van der Waals surface area contributed by atoms with E-state index in [-0.39, 0.29) is 5.03 Å². The number of aromatic nitrogens is 2. The van der Waals surface area contributed by atoms with Crippen molar-refractivity contribution < 1.29 is 13.2 Å². The van der Waals surface area contributed by atoms with Crippen molar-refractivity contribution >= 4 is 21.9 Å². The molecule has 3 heterocycles. The Kier molecular flexibility index (Phi) is 2.75. The summed E-state index contributed by atoms with van der Waals surface area (Å²) in [7, 11) is -3.72. The Hall–Kier alpha value is -1.61. The molecular formula is C10H15N5O3S. The summed E-state index contributed by atoms with van der Waals surface area (Å²) in [6.07, 6.45) is 2.45. The number of primary amides is 1. The summed E-state index contributed by atoms with van der Waals surface area (Å²) in [6.45, 7) is 1.54. The summed E-state index contributed by atoms with van der Waals surface area (Å²) in [5, 5.41) is 3.12. The van der Waals surface area contributed by atoms with Crippen LogP contribution >= 0.6 is 0 Å². The first-order valence-corrected chi connectivity index (χ1v) is 7.56. The largest absolute Gasteiger partial charge is 0.368 e. The molecule has 3 N–H and O–H groups in total. The van der Waals surface area contributed by atoms with Crippen molar-refractivity contribution in [2.24, 2.45) is 5.73 Å². The van der Waals surface area contributed by atoms with Gasteiger partial charge in [-0.05, 0) is 12.8 Å². The number of rotatable bonds is 3. The van der Waals surface area contributed by atoms with E-state index in [1.807, 2.05) is 0 Å². The lowest BCUT2D eigenvalue weighted by Crippen LogP contribution is -2.44. The highest BCUT2D eigenvalue weighted by atomic mass is 32.2. The van der Waals surface area contributed by atoms with Crippen molar-refractivity contribution in [1.29, 1.82) is 0 Å². The van der Waals surface area contributed by atoms with Gasteiger partial charge in [0.1, 0.15) is 6.04 Å². The van der Waals surface area contributed by atoms with Crippen LogP contribution in [0, 0.1) is 0 Å². The molecule has 0 spiro atoms. The van der Waals surface area contributed by atoms with Gasteiger partial charge in [-0.15, -0.1) is 0 Å². The molecule has 0 radical (unpaired) electrons. The van der Waals surface area contributed by atoms with E-state index >= 15 is 0 Å². The number of carbonyl (C=O) groups excluding carboxylic acids is 1. The molecular weight excluding hydrogens is 270 g/mol. The van der Waals surface area contributed by atoms with E-state index in [9.17, 15) is 13.2 Å². The lowest BCUT2D eigenvalue weighted by molar-refractivity contribution is -0.121. The molecule has 1 aromatic rings. The number of amides is 1. The SMILES string of the molecule is NC(=O)C1CCCN1S(=O)(=O)c1cnc2n1CCN2. The Morgan fingerprint density at radius 2 is 2.26 bits per heavy atom. The molecule has 2 aliphatic rings. The number of nitrogens with zero attached hydrogens (tertiary/aromatic N) is 3. The Labute approximate surface area is 110 Å². The topological polar surface area (TPSA) is 110 Å². The molecule has 104 valence electrons. The van der Waals surface area contributed by atoms with Crippen LogP contribution in [0.5, 0.6) is 0 Å². The van der Waals surface area contributed by atoms with Crippen LogP contribution in [-0.2, 0) is 21.4 Å². The predicted octanol–water partition coefficient (Wildman–Crippen LogP) is -1.05. The van der Waals surface area contributed by atoms with E-state index in [4.69, 9.17) is 5.73 Å². The predicted molar refractivity (Wildman–Crippen MR) is 66.8 cm³/mol. The van der Waals surface area contributed by atoms with Crippen molar-refractivity contribution in [3.63, 3.8) is 0 Å². The van der Waals surface area contributed by atoms with Crippen molar-refractivity contribution in [3.8, 4) is 0 Å². The second-order valence-corrected chi connectivity index (χ2v) is 6.51. The number of anilines is 1. The van der Waals surface area contributed by atoms with Crippen LogP contribution in [0.3, 0.4) is 0 Å². The van der Waals surface area contributed by atoms with Gasteiger partial charge in [-0.25, -0.2) is 13.4 Å². The summed E-state index contributed by atoms with van der Waals surface area (Å²) in [6, 6.07) is -0.745. The summed E-state index contributed by atoms with van der Waals surface area (Å²) in [5.74, 6) is -0.0474. The van der Waals surface area contributed by atoms with Gasteiger partial charge in [-0.2, -0.15) is 4.31 Å². The zero-order valence-electron chi connectivity index (χ0n) is 10.2. The first-order chi connectivity index (χ1) is 9.01. The van der Waals surface area contributed by atoms with E-state index < -0.39 is 22.0 Å². The summed E-state index contributed by atoms with van der Waals surface area (Å²) in [5.41, 5.74) is 5.27. The Bertz CT molecular complexity index is 623. The molecule has 19 heavy (non-hydrogen) atoms. The lowest BCUT2D eigenvalue weighted by Gasteiger charge is -2.21. The summed E-state index contributed by atoms with van der Waals surface area (Å²) in [4.78, 5) is 15.4. The molecule has 8 nitrogen and oxygen atoms in total. The molecule has 1 amide bonds. The molecule has 9 heteroatoms. The Balaban J connectivity index is 2.00. The van der Waals surface area contributed by atoms with Crippen LogP contribution in [0.25, 0.3) is 0 Å². The standard InChI is InChI=1S/C10H15N5O3S/c11-9(16)7-2-1-4-15(7)19(17,18)8-6-13-10-12-3-5-14(8)10/h6-7H,1-5H2,(H2,11,16)(H,12,13). The van der Waals surface area contributed by atoms with Gasteiger partial charge >= 0.3 is 0 Å². The number of carbonyl (C=O) groups is 1. The number of nitrogens with one attached hydrogen (secondary N) is 1. The average molecular weight is 285 g/mol. The van der Waals surface area contributed by atoms with Crippen LogP contribution in [0.15, 0.2) is 11.2 Å². The van der Waals surface area contributed by atoms with Crippen molar-refractivity contribution in [1.82, 2.24) is 13.9 Å². The summed E-state index contributed by atoms with van der Waals surface area (Å²) < 4.78 is 28.0. The Morgan fingerprint density at radius 1 is 1.47 bits per heavy atom. The zero-order chi connectivity index (χ0) is 13.6. The number of nitrogens with two attached hydrogens (primary N) is 1. The highest BCUT2D eigenvalue weighted by Gasteiger charge is 2.40. The van der Waals surface area contributed by atoms with Crippen LogP contribution in [0.4, 0.5) is 5.95 Å². The van der Waals surface area contributed by atoms with Gasteiger partial charge in [0, 0.05) is 19.6 Å². The molecule has 0 aliphatic carbocycles. The molecule has 3 rings (SSSR count). The third kappa shape index (κ3) is 1.80. The molecule has 1 unspecified atom stereocenters. The fourth-order valence-corrected chi connectivity index (χ4v) is 4.43. The van der Waals surface area contributed by atoms with Gasteiger partial charge in [-0.3, -0.25) is 9.36 Å². The quantitative estimate of drug-likeness (QED) is 0.736. The highest BCUT2D eigenvalue weighted by Crippen LogP contribution is 2.28. The van der Waals surface area contributed by atoms with Gasteiger partial charge < -0.3 is 11.1 Å². The minimum Gasteiger partial charge on any atom is -0.368 e. The van der Waals surface area contributed by atoms with Gasteiger partial charge in [0.15, 0.2) is 5.03 Å². The van der Waals surface area contributed by atoms with Gasteiger partial charge in [0.05, 0.1) is 6.20 Å². The van der Waals surface area contributed by atoms with Crippen LogP contribution in [0.2, 0.25) is 0 Å². The van der Waals surface area contributed by atoms with Crippen LogP contribution in [0.1, 0.15) is 12.8 Å². The fourth-order valence-electron chi connectivity index (χ4n) is 2.63. The van der Waals surface area contributed by atoms with Crippen LogP contribution in [-0.4, -0.2) is 47.3 Å². The summed E-state index contributed by atoms with van der Waals surface area (Å²) >= 11 is 0. The molecule has 1 atom stereocenters. The molecule has 1 aromatic heterocycles. The van der Waals surface area contributed by atoms with Crippen LogP contribution < -0.4 is 11.1 Å². The molecule has 1 saturated heterocycles. The number of imidazole rings is 1. The fraction of sp³-hybridized carbons (Fsp3) is 0.600. The second kappa shape index (κ2) is 4.20. The number of hydrogen-bond acceptors (Lipinski definition) is 5. The smallest absolute Gasteiger partial charge is 0.261 e. The highest BCUT2D eigenvalue weighted by molar-refractivity contribution is 7.89. The van der Waals surface area contributed by atoms with Crippen molar-refractivity contribution in [3.05, 3.63) is 6.20 Å². The van der Waals surface area contributed by atoms with Gasteiger partial charge in [0.2, 0.25) is 11.9 Å². The Morgan fingerprint density at radius 3 is 3.00 bits per heavy atom. The van der Waals surface area contributed by atoms with Crippen molar-refractivity contribution in [2.45, 2.75) is 30.5 Å². The number of sulfonamides is 1. The average Bonchev–Trinajstić information content (AvgIpc) is 3.04. The second-order valence-electron chi connectivity index (χ2n) is 4.67. The zero-order valence-corrected chi connectivity index (χ0v) is 11.1. The number of fused-ring (bicyclic) bond motifs is 1. The first kappa shape index (κ1) is 12.4. The molecule has 1 fully saturated rings. The third-order valence-corrected chi connectivity index (χ3v) is 5.45. The van der Waals surface area contributed by atoms with E-state index in [0.29, 0.717) is 38.4 Å². The van der Waals surface area contributed by atoms with E-state index in [0.717, 1.165) is 0 Å². The van der Waals surface area contributed by atoms with Crippen molar-refractivity contribution in [2.75, 3.05) is 18.4 Å². The van der Waals surface area contributed by atoms with E-state index in [2.05, 4.69) is 10.3 Å². The molecule has 2 aliphatic heterocycles. The lowest BCUT2D eigenvalue weighted by atomic mass is 10.2. The molecule has 0 bridgehead atoms. The first-order valence-electron chi connectivity index (χ1n) is 6.12. The minimum absolute atomic E-state index is 0.126. The van der Waals surface area contributed by atoms with E-state index in [1.165, 1.54) is 10.5 Å². The van der Waals surface area contributed by atoms with E-state index in [1.54, 1.807) is 4.57 Å². The molecule has 0 saturated carbocycles. The number of hydrogen-bond donors (Lipinski definition) is 2. The normalized spacial score (nSPS) is 23.3. The maximum Gasteiger partial charge on any atom is 0.261 e. The maximum absolute atomic E-state index is 12.6. The maximum atomic E-state index is 12.6. The van der Waals surface area contributed by atoms with Gasteiger partial charge in [-0.1, -0.05) is 0 Å².